The molecule has 0 aliphatic rings. The first-order chi connectivity index (χ1) is 8.55. The smallest absolute Gasteiger partial charge is 0.320 e. The average Bonchev–Trinajstić information content (AvgIpc) is 2.39. The van der Waals surface area contributed by atoms with Crippen LogP contribution in [0, 0.1) is 18.2 Å². The van der Waals surface area contributed by atoms with E-state index in [0.717, 1.165) is 0 Å². The zero-order valence-electron chi connectivity index (χ0n) is 10.6. The molecule has 1 aromatic carbocycles. The Bertz CT molecular complexity index is 444. The molecular weight excluding hydrogens is 231 g/mol. The summed E-state index contributed by atoms with van der Waals surface area (Å²) in [6.45, 7) is 3.84. The summed E-state index contributed by atoms with van der Waals surface area (Å²) < 4.78 is 12.7. The second kappa shape index (κ2) is 6.06. The highest BCUT2D eigenvalue weighted by molar-refractivity contribution is 5.90. The number of urea groups is 1. The van der Waals surface area contributed by atoms with Gasteiger partial charge in [-0.1, -0.05) is 19.8 Å². The lowest BCUT2D eigenvalue weighted by molar-refractivity contribution is 0.242. The topological polar surface area (TPSA) is 41.1 Å². The first-order valence-corrected chi connectivity index (χ1v) is 5.87. The quantitative estimate of drug-likeness (QED) is 0.790. The highest BCUT2D eigenvalue weighted by Gasteiger charge is 2.25. The van der Waals surface area contributed by atoms with E-state index in [1.807, 2.05) is 13.8 Å². The van der Waals surface area contributed by atoms with Crippen molar-refractivity contribution in [3.63, 3.8) is 0 Å². The van der Waals surface area contributed by atoms with Crippen LogP contribution >= 0.6 is 0 Å². The highest BCUT2D eigenvalue weighted by Crippen LogP contribution is 2.14. The van der Waals surface area contributed by atoms with Gasteiger partial charge < -0.3 is 10.6 Å². The Hall–Kier alpha value is -2.02. The maximum absolute atomic E-state index is 12.7. The van der Waals surface area contributed by atoms with E-state index in [1.165, 1.54) is 24.3 Å². The van der Waals surface area contributed by atoms with Crippen LogP contribution in [0.5, 0.6) is 0 Å². The third-order valence-corrected chi connectivity index (χ3v) is 2.94. The van der Waals surface area contributed by atoms with Gasteiger partial charge in [-0.3, -0.25) is 0 Å². The predicted molar refractivity (Wildman–Crippen MR) is 70.7 cm³/mol. The largest absolute Gasteiger partial charge is 0.322 e. The van der Waals surface area contributed by atoms with E-state index in [2.05, 4.69) is 16.6 Å². The second-order valence-electron chi connectivity index (χ2n) is 4.02. The summed E-state index contributed by atoms with van der Waals surface area (Å²) >= 11 is 0. The molecule has 4 heteroatoms. The first-order valence-electron chi connectivity index (χ1n) is 5.87. The van der Waals surface area contributed by atoms with Crippen molar-refractivity contribution < 1.29 is 9.18 Å². The Morgan fingerprint density at radius 1 is 1.33 bits per heavy atom. The number of hydrogen-bond acceptors (Lipinski definition) is 1. The van der Waals surface area contributed by atoms with Crippen molar-refractivity contribution in [3.05, 3.63) is 30.1 Å². The average molecular weight is 248 g/mol. The number of carbonyl (C=O) groups excluding carboxylic acids is 1. The molecule has 0 spiro atoms. The van der Waals surface area contributed by atoms with Crippen LogP contribution in [0.15, 0.2) is 24.3 Å². The van der Waals surface area contributed by atoms with Crippen LogP contribution in [0.25, 0.3) is 0 Å². The molecule has 2 amide bonds. The zero-order chi connectivity index (χ0) is 13.6. The fourth-order valence-corrected chi connectivity index (χ4v) is 1.58. The SMILES string of the molecule is C#CC(CC)(CC)NC(=O)Nc1ccc(F)cc1. The zero-order valence-corrected chi connectivity index (χ0v) is 10.6. The Balaban J connectivity index is 2.67. The lowest BCUT2D eigenvalue weighted by atomic mass is 9.94. The van der Waals surface area contributed by atoms with Gasteiger partial charge in [0.15, 0.2) is 0 Å². The van der Waals surface area contributed by atoms with Crippen LogP contribution in [0.2, 0.25) is 0 Å². The third-order valence-electron chi connectivity index (χ3n) is 2.94. The lowest BCUT2D eigenvalue weighted by Crippen LogP contribution is -2.48. The third kappa shape index (κ3) is 3.49. The molecule has 1 aromatic rings. The standard InChI is InChI=1S/C14H17FN2O/c1-4-14(5-2,6-3)17-13(18)16-12-9-7-11(15)8-10-12/h1,7-10H,5-6H2,2-3H3,(H2,16,17,18). The van der Waals surface area contributed by atoms with Crippen molar-refractivity contribution in [2.45, 2.75) is 32.2 Å². The Morgan fingerprint density at radius 3 is 2.33 bits per heavy atom. The molecule has 18 heavy (non-hydrogen) atoms. The van der Waals surface area contributed by atoms with Gasteiger partial charge >= 0.3 is 6.03 Å². The molecule has 0 radical (unpaired) electrons. The predicted octanol–water partition coefficient (Wildman–Crippen LogP) is 3.14. The monoisotopic (exact) mass is 248 g/mol. The molecule has 0 saturated heterocycles. The number of rotatable bonds is 4. The molecule has 0 unspecified atom stereocenters. The fourth-order valence-electron chi connectivity index (χ4n) is 1.58. The molecule has 96 valence electrons. The van der Waals surface area contributed by atoms with Crippen molar-refractivity contribution in [2.75, 3.05) is 5.32 Å². The van der Waals surface area contributed by atoms with E-state index in [0.29, 0.717) is 18.5 Å². The van der Waals surface area contributed by atoms with Crippen LogP contribution in [0.1, 0.15) is 26.7 Å². The molecule has 0 aliphatic heterocycles. The number of carbonyl (C=O) groups is 1. The number of amides is 2. The van der Waals surface area contributed by atoms with Crippen molar-refractivity contribution in [1.29, 1.82) is 0 Å². The first kappa shape index (κ1) is 14.0. The van der Waals surface area contributed by atoms with E-state index in [4.69, 9.17) is 6.42 Å². The summed E-state index contributed by atoms with van der Waals surface area (Å²) in [6.07, 6.45) is 6.75. The molecule has 0 atom stereocenters. The van der Waals surface area contributed by atoms with Gasteiger partial charge in [0.2, 0.25) is 0 Å². The van der Waals surface area contributed by atoms with Crippen LogP contribution < -0.4 is 10.6 Å². The molecule has 0 saturated carbocycles. The van der Waals surface area contributed by atoms with Crippen LogP contribution in [0.4, 0.5) is 14.9 Å². The van der Waals surface area contributed by atoms with E-state index >= 15 is 0 Å². The molecule has 0 aromatic heterocycles. The van der Waals surface area contributed by atoms with Gasteiger partial charge in [0, 0.05) is 5.69 Å². The summed E-state index contributed by atoms with van der Waals surface area (Å²) in [4.78, 5) is 11.8. The molecule has 0 aliphatic carbocycles. The van der Waals surface area contributed by atoms with E-state index in [9.17, 15) is 9.18 Å². The number of halogens is 1. The number of benzene rings is 1. The van der Waals surface area contributed by atoms with E-state index in [1.54, 1.807) is 0 Å². The van der Waals surface area contributed by atoms with Crippen molar-refractivity contribution in [2.24, 2.45) is 0 Å². The summed E-state index contributed by atoms with van der Waals surface area (Å²) in [5.41, 5.74) is -0.114. The molecule has 3 nitrogen and oxygen atoms in total. The van der Waals surface area contributed by atoms with Gasteiger partial charge in [0.05, 0.1) is 0 Å². The molecular formula is C14H17FN2O. The van der Waals surface area contributed by atoms with E-state index in [-0.39, 0.29) is 11.8 Å². The normalized spacial score (nSPS) is 10.6. The van der Waals surface area contributed by atoms with Gasteiger partial charge in [0.25, 0.3) is 0 Å². The second-order valence-corrected chi connectivity index (χ2v) is 4.02. The molecule has 1 rings (SSSR count). The number of nitrogens with one attached hydrogen (secondary N) is 2. The van der Waals surface area contributed by atoms with Crippen molar-refractivity contribution >= 4 is 11.7 Å². The maximum Gasteiger partial charge on any atom is 0.320 e. The summed E-state index contributed by atoms with van der Waals surface area (Å²) in [5.74, 6) is 2.26. The minimum absolute atomic E-state index is 0.346. The van der Waals surface area contributed by atoms with Crippen molar-refractivity contribution in [3.8, 4) is 12.3 Å². The number of terminal acetylenes is 1. The van der Waals surface area contributed by atoms with Gasteiger partial charge in [0.1, 0.15) is 11.4 Å². The summed E-state index contributed by atoms with van der Waals surface area (Å²) in [7, 11) is 0. The van der Waals surface area contributed by atoms with Gasteiger partial charge in [-0.2, -0.15) is 0 Å². The molecule has 2 N–H and O–H groups in total. The fraction of sp³-hybridized carbons (Fsp3) is 0.357. The van der Waals surface area contributed by atoms with E-state index < -0.39 is 5.54 Å². The maximum atomic E-state index is 12.7. The minimum atomic E-state index is -0.635. The molecule has 0 bridgehead atoms. The number of anilines is 1. The van der Waals surface area contributed by atoms with Crippen LogP contribution in [-0.2, 0) is 0 Å². The van der Waals surface area contributed by atoms with Crippen LogP contribution in [-0.4, -0.2) is 11.6 Å². The summed E-state index contributed by atoms with van der Waals surface area (Å²) in [6, 6.07) is 5.16. The van der Waals surface area contributed by atoms with Crippen LogP contribution in [0.3, 0.4) is 0 Å². The Labute approximate surface area is 107 Å². The Kier molecular flexibility index (Phi) is 4.73. The van der Waals surface area contributed by atoms with Gasteiger partial charge in [-0.05, 0) is 37.1 Å². The number of hydrogen-bond donors (Lipinski definition) is 2. The molecule has 0 fully saturated rings. The minimum Gasteiger partial charge on any atom is -0.322 e. The van der Waals surface area contributed by atoms with Gasteiger partial charge in [-0.25, -0.2) is 9.18 Å². The lowest BCUT2D eigenvalue weighted by Gasteiger charge is -2.27. The van der Waals surface area contributed by atoms with Gasteiger partial charge in [-0.15, -0.1) is 6.42 Å². The highest BCUT2D eigenvalue weighted by atomic mass is 19.1. The van der Waals surface area contributed by atoms with Crippen molar-refractivity contribution in [1.82, 2.24) is 5.32 Å². The summed E-state index contributed by atoms with van der Waals surface area (Å²) in [5, 5.41) is 5.38. The Morgan fingerprint density at radius 2 is 1.89 bits per heavy atom. The molecule has 0 heterocycles.